The van der Waals surface area contributed by atoms with Gasteiger partial charge in [-0.05, 0) is 33.2 Å². The summed E-state index contributed by atoms with van der Waals surface area (Å²) >= 11 is 0. The van der Waals surface area contributed by atoms with Crippen molar-refractivity contribution in [2.45, 2.75) is 44.8 Å². The maximum Gasteiger partial charge on any atom is 0.274 e. The normalized spacial score (nSPS) is 24.6. The first-order valence-corrected chi connectivity index (χ1v) is 6.77. The minimum absolute atomic E-state index is 0.0442. The molecule has 0 radical (unpaired) electrons. The Hall–Kier alpha value is -1.46. The molecule has 0 spiro atoms. The highest BCUT2D eigenvalue weighted by Crippen LogP contribution is 2.36. The highest BCUT2D eigenvalue weighted by Gasteiger charge is 2.35. The van der Waals surface area contributed by atoms with Gasteiger partial charge in [0.2, 0.25) is 0 Å². The van der Waals surface area contributed by atoms with E-state index in [9.17, 15) is 10.1 Å². The van der Waals surface area contributed by atoms with Crippen molar-refractivity contribution in [1.29, 1.82) is 0 Å². The molecule has 19 heavy (non-hydrogen) atoms. The number of benzene rings is 1. The van der Waals surface area contributed by atoms with Crippen LogP contribution < -0.4 is 5.73 Å². The SMILES string of the molecule is CC(C)N1CCCC(N)C1c1ccccc1[N+](=O)[O-]. The Morgan fingerprint density at radius 3 is 2.74 bits per heavy atom. The predicted molar refractivity (Wildman–Crippen MR) is 74.9 cm³/mol. The molecule has 5 heteroatoms. The molecule has 1 heterocycles. The van der Waals surface area contributed by atoms with Gasteiger partial charge in [-0.15, -0.1) is 0 Å². The van der Waals surface area contributed by atoms with E-state index in [0.29, 0.717) is 6.04 Å². The lowest BCUT2D eigenvalue weighted by molar-refractivity contribution is -0.386. The minimum Gasteiger partial charge on any atom is -0.326 e. The molecule has 2 unspecified atom stereocenters. The molecule has 2 rings (SSSR count). The van der Waals surface area contributed by atoms with Crippen LogP contribution in [0.2, 0.25) is 0 Å². The third-order valence-electron chi connectivity index (χ3n) is 3.83. The number of nitrogens with two attached hydrogens (primary N) is 1. The summed E-state index contributed by atoms with van der Waals surface area (Å²) in [6.45, 7) is 5.17. The lowest BCUT2D eigenvalue weighted by Crippen LogP contribution is -2.48. The van der Waals surface area contributed by atoms with Gasteiger partial charge >= 0.3 is 0 Å². The number of nitrogens with zero attached hydrogens (tertiary/aromatic N) is 2. The maximum atomic E-state index is 11.2. The number of likely N-dealkylation sites (tertiary alicyclic amines) is 1. The summed E-state index contributed by atoms with van der Waals surface area (Å²) in [4.78, 5) is 13.2. The molecule has 0 aliphatic carbocycles. The molecule has 1 saturated heterocycles. The fourth-order valence-corrected chi connectivity index (χ4v) is 2.95. The van der Waals surface area contributed by atoms with Gasteiger partial charge in [-0.2, -0.15) is 0 Å². The van der Waals surface area contributed by atoms with Gasteiger partial charge in [-0.1, -0.05) is 18.2 Å². The van der Waals surface area contributed by atoms with E-state index < -0.39 is 0 Å². The first kappa shape index (κ1) is 14.0. The molecule has 1 aliphatic rings. The smallest absolute Gasteiger partial charge is 0.274 e. The second kappa shape index (κ2) is 5.67. The van der Waals surface area contributed by atoms with E-state index >= 15 is 0 Å². The standard InChI is InChI=1S/C14H21N3O2/c1-10(2)16-9-5-7-12(15)14(16)11-6-3-4-8-13(11)17(18)19/h3-4,6,8,10,12,14H,5,7,9,15H2,1-2H3. The third kappa shape index (κ3) is 2.77. The number of nitro benzene ring substituents is 1. The monoisotopic (exact) mass is 263 g/mol. The summed E-state index contributed by atoms with van der Waals surface area (Å²) in [6.07, 6.45) is 1.97. The molecule has 0 aromatic heterocycles. The van der Waals surface area contributed by atoms with E-state index in [4.69, 9.17) is 5.73 Å². The van der Waals surface area contributed by atoms with Crippen molar-refractivity contribution in [2.75, 3.05) is 6.54 Å². The predicted octanol–water partition coefficient (Wildman–Crippen LogP) is 2.47. The second-order valence-corrected chi connectivity index (χ2v) is 5.40. The fourth-order valence-electron chi connectivity index (χ4n) is 2.95. The first-order valence-electron chi connectivity index (χ1n) is 6.77. The van der Waals surface area contributed by atoms with Crippen molar-refractivity contribution in [1.82, 2.24) is 4.90 Å². The highest BCUT2D eigenvalue weighted by molar-refractivity contribution is 5.43. The van der Waals surface area contributed by atoms with Gasteiger partial charge in [0.1, 0.15) is 0 Å². The van der Waals surface area contributed by atoms with Crippen LogP contribution in [-0.2, 0) is 0 Å². The van der Waals surface area contributed by atoms with Crippen LogP contribution in [0.15, 0.2) is 24.3 Å². The van der Waals surface area contributed by atoms with Crippen molar-refractivity contribution in [3.05, 3.63) is 39.9 Å². The number of hydrogen-bond donors (Lipinski definition) is 1. The van der Waals surface area contributed by atoms with Gasteiger partial charge in [0, 0.05) is 23.7 Å². The molecule has 5 nitrogen and oxygen atoms in total. The molecule has 1 fully saturated rings. The van der Waals surface area contributed by atoms with E-state index in [1.807, 2.05) is 12.1 Å². The quantitative estimate of drug-likeness (QED) is 0.671. The zero-order valence-corrected chi connectivity index (χ0v) is 11.5. The topological polar surface area (TPSA) is 72.4 Å². The lowest BCUT2D eigenvalue weighted by atomic mass is 9.89. The van der Waals surface area contributed by atoms with Crippen LogP contribution in [0.25, 0.3) is 0 Å². The molecule has 104 valence electrons. The minimum atomic E-state index is -0.310. The van der Waals surface area contributed by atoms with E-state index in [0.717, 1.165) is 24.9 Å². The average molecular weight is 263 g/mol. The largest absolute Gasteiger partial charge is 0.326 e. The fraction of sp³-hybridized carbons (Fsp3) is 0.571. The Kier molecular flexibility index (Phi) is 4.17. The summed E-state index contributed by atoms with van der Waals surface area (Å²) < 4.78 is 0. The number of nitro groups is 1. The molecule has 1 aromatic carbocycles. The van der Waals surface area contributed by atoms with Gasteiger partial charge < -0.3 is 5.73 Å². The van der Waals surface area contributed by atoms with Gasteiger partial charge in [0.25, 0.3) is 5.69 Å². The van der Waals surface area contributed by atoms with E-state index in [1.165, 1.54) is 0 Å². The van der Waals surface area contributed by atoms with Crippen LogP contribution in [0.4, 0.5) is 5.69 Å². The van der Waals surface area contributed by atoms with Gasteiger partial charge in [-0.25, -0.2) is 0 Å². The molecular weight excluding hydrogens is 242 g/mol. The van der Waals surface area contributed by atoms with Crippen LogP contribution in [0.3, 0.4) is 0 Å². The molecule has 2 atom stereocenters. The Morgan fingerprint density at radius 1 is 1.42 bits per heavy atom. The zero-order valence-electron chi connectivity index (χ0n) is 11.5. The Morgan fingerprint density at radius 2 is 2.11 bits per heavy atom. The highest BCUT2D eigenvalue weighted by atomic mass is 16.6. The van der Waals surface area contributed by atoms with Crippen molar-refractivity contribution in [3.8, 4) is 0 Å². The van der Waals surface area contributed by atoms with Crippen LogP contribution in [0, 0.1) is 10.1 Å². The summed E-state index contributed by atoms with van der Waals surface area (Å²) in [5.74, 6) is 0. The van der Waals surface area contributed by atoms with E-state index in [2.05, 4.69) is 18.7 Å². The van der Waals surface area contributed by atoms with Gasteiger partial charge in [0.05, 0.1) is 11.0 Å². The van der Waals surface area contributed by atoms with E-state index in [-0.39, 0.29) is 22.7 Å². The number of rotatable bonds is 3. The first-order chi connectivity index (χ1) is 9.02. The number of para-hydroxylation sites is 1. The van der Waals surface area contributed by atoms with Crippen LogP contribution in [0.1, 0.15) is 38.3 Å². The van der Waals surface area contributed by atoms with Crippen LogP contribution in [-0.4, -0.2) is 28.5 Å². The Bertz CT molecular complexity index is 462. The van der Waals surface area contributed by atoms with Crippen molar-refractivity contribution in [2.24, 2.45) is 5.73 Å². The molecule has 1 aliphatic heterocycles. The Labute approximate surface area is 113 Å². The summed E-state index contributed by atoms with van der Waals surface area (Å²) in [5, 5.41) is 11.2. The molecule has 2 N–H and O–H groups in total. The zero-order chi connectivity index (χ0) is 14.0. The van der Waals surface area contributed by atoms with Crippen molar-refractivity contribution in [3.63, 3.8) is 0 Å². The van der Waals surface area contributed by atoms with Gasteiger partial charge in [-0.3, -0.25) is 15.0 Å². The second-order valence-electron chi connectivity index (χ2n) is 5.40. The maximum absolute atomic E-state index is 11.2. The summed E-state index contributed by atoms with van der Waals surface area (Å²) in [5.41, 5.74) is 7.16. The summed E-state index contributed by atoms with van der Waals surface area (Å²) in [6, 6.07) is 7.18. The van der Waals surface area contributed by atoms with Gasteiger partial charge in [0.15, 0.2) is 0 Å². The van der Waals surface area contributed by atoms with Crippen molar-refractivity contribution < 1.29 is 4.92 Å². The average Bonchev–Trinajstić information content (AvgIpc) is 2.38. The summed E-state index contributed by atoms with van der Waals surface area (Å²) in [7, 11) is 0. The Balaban J connectivity index is 2.44. The lowest BCUT2D eigenvalue weighted by Gasteiger charge is -2.42. The van der Waals surface area contributed by atoms with Crippen LogP contribution in [0.5, 0.6) is 0 Å². The third-order valence-corrected chi connectivity index (χ3v) is 3.83. The molecule has 0 saturated carbocycles. The number of piperidine rings is 1. The van der Waals surface area contributed by atoms with Crippen molar-refractivity contribution >= 4 is 5.69 Å². The van der Waals surface area contributed by atoms with E-state index in [1.54, 1.807) is 12.1 Å². The molecular formula is C14H21N3O2. The number of hydrogen-bond acceptors (Lipinski definition) is 4. The molecule has 1 aromatic rings. The molecule has 0 amide bonds. The molecule has 0 bridgehead atoms. The van der Waals surface area contributed by atoms with Crippen LogP contribution >= 0.6 is 0 Å².